The van der Waals surface area contributed by atoms with Crippen molar-refractivity contribution >= 4 is 5.91 Å². The normalized spacial score (nSPS) is 34.9. The molecule has 0 aromatic rings. The van der Waals surface area contributed by atoms with Gasteiger partial charge >= 0.3 is 0 Å². The van der Waals surface area contributed by atoms with Crippen LogP contribution in [0.3, 0.4) is 0 Å². The van der Waals surface area contributed by atoms with E-state index in [0.717, 1.165) is 5.92 Å². The van der Waals surface area contributed by atoms with Gasteiger partial charge in [-0.15, -0.1) is 0 Å². The minimum Gasteiger partial charge on any atom is -0.336 e. The highest BCUT2D eigenvalue weighted by atomic mass is 16.2. The quantitative estimate of drug-likeness (QED) is 0.684. The van der Waals surface area contributed by atoms with Crippen LogP contribution in [0.5, 0.6) is 0 Å². The maximum absolute atomic E-state index is 12.7. The molecular weight excluding hydrogens is 210 g/mol. The Hall–Kier alpha value is -0.530. The molecular formula is C15H27NO. The van der Waals surface area contributed by atoms with Crippen LogP contribution in [0.4, 0.5) is 0 Å². The molecule has 1 saturated carbocycles. The summed E-state index contributed by atoms with van der Waals surface area (Å²) in [5.41, 5.74) is 0.0769. The van der Waals surface area contributed by atoms with Gasteiger partial charge in [0.25, 0.3) is 0 Å². The molecule has 98 valence electrons. The number of hydrogen-bond acceptors (Lipinski definition) is 1. The lowest BCUT2D eigenvalue weighted by Crippen LogP contribution is -2.58. The highest BCUT2D eigenvalue weighted by Crippen LogP contribution is 2.41. The van der Waals surface area contributed by atoms with Gasteiger partial charge in [-0.25, -0.2) is 0 Å². The first-order valence-electron chi connectivity index (χ1n) is 7.14. The van der Waals surface area contributed by atoms with Crippen molar-refractivity contribution in [2.24, 2.45) is 17.3 Å². The van der Waals surface area contributed by atoms with Crippen LogP contribution in [0.15, 0.2) is 0 Å². The van der Waals surface area contributed by atoms with Crippen molar-refractivity contribution in [3.8, 4) is 0 Å². The predicted molar refractivity (Wildman–Crippen MR) is 70.7 cm³/mol. The monoisotopic (exact) mass is 237 g/mol. The van der Waals surface area contributed by atoms with Crippen molar-refractivity contribution in [1.29, 1.82) is 0 Å². The van der Waals surface area contributed by atoms with Gasteiger partial charge in [0.15, 0.2) is 0 Å². The Bertz CT molecular complexity index is 295. The molecule has 0 aromatic heterocycles. The number of fused-ring (bicyclic) bond motifs is 3. The van der Waals surface area contributed by atoms with Crippen molar-refractivity contribution in [3.63, 3.8) is 0 Å². The van der Waals surface area contributed by atoms with Gasteiger partial charge in [-0.1, -0.05) is 27.7 Å². The largest absolute Gasteiger partial charge is 0.336 e. The Kier molecular flexibility index (Phi) is 3.26. The van der Waals surface area contributed by atoms with Gasteiger partial charge in [-0.2, -0.15) is 0 Å². The number of nitrogens with zero attached hydrogens (tertiary/aromatic N) is 1. The lowest BCUT2D eigenvalue weighted by atomic mass is 9.73. The van der Waals surface area contributed by atoms with Crippen molar-refractivity contribution in [1.82, 2.24) is 4.90 Å². The molecule has 2 heteroatoms. The molecule has 1 amide bonds. The fraction of sp³-hybridized carbons (Fsp3) is 0.933. The summed E-state index contributed by atoms with van der Waals surface area (Å²) in [7, 11) is 0. The van der Waals surface area contributed by atoms with Crippen LogP contribution in [0.1, 0.15) is 60.3 Å². The summed E-state index contributed by atoms with van der Waals surface area (Å²) in [5.74, 6) is 1.28. The summed E-state index contributed by atoms with van der Waals surface area (Å²) in [6.07, 6.45) is 5.13. The molecule has 3 rings (SSSR count). The third-order valence-corrected chi connectivity index (χ3v) is 5.18. The fourth-order valence-corrected chi connectivity index (χ4v) is 3.40. The van der Waals surface area contributed by atoms with E-state index in [1.165, 1.54) is 25.7 Å². The van der Waals surface area contributed by atoms with Crippen molar-refractivity contribution in [2.45, 2.75) is 72.4 Å². The molecule has 0 N–H and O–H groups in total. The third-order valence-electron chi connectivity index (χ3n) is 5.18. The molecule has 0 radical (unpaired) electrons. The zero-order valence-corrected chi connectivity index (χ0v) is 12.0. The highest BCUT2D eigenvalue weighted by Gasteiger charge is 2.44. The van der Waals surface area contributed by atoms with Gasteiger partial charge in [0, 0.05) is 18.0 Å². The molecule has 2 aliphatic heterocycles. The number of hydrogen-bond donors (Lipinski definition) is 0. The van der Waals surface area contributed by atoms with E-state index in [1.807, 2.05) is 0 Å². The zero-order valence-electron chi connectivity index (χ0n) is 12.0. The Labute approximate surface area is 106 Å². The highest BCUT2D eigenvalue weighted by molar-refractivity contribution is 5.80. The number of amides is 1. The number of carbonyl (C=O) groups is 1. The first-order valence-corrected chi connectivity index (χ1v) is 7.14. The summed E-state index contributed by atoms with van der Waals surface area (Å²) in [6, 6.07) is 1.01. The van der Waals surface area contributed by atoms with Gasteiger partial charge in [0.1, 0.15) is 0 Å². The molecule has 0 spiro atoms. The van der Waals surface area contributed by atoms with E-state index >= 15 is 0 Å². The van der Waals surface area contributed by atoms with Gasteiger partial charge in [0.05, 0.1) is 0 Å². The summed E-state index contributed by atoms with van der Waals surface area (Å²) in [6.45, 7) is 10.9. The number of rotatable bonds is 1. The second kappa shape index (κ2) is 4.29. The molecule has 2 atom stereocenters. The Morgan fingerprint density at radius 1 is 1.18 bits per heavy atom. The van der Waals surface area contributed by atoms with Crippen LogP contribution >= 0.6 is 0 Å². The van der Waals surface area contributed by atoms with Gasteiger partial charge < -0.3 is 4.90 Å². The Morgan fingerprint density at radius 2 is 1.71 bits per heavy atom. The standard InChI is InChI=1S/C15H27NO/c1-10(15(3,4)5)14(17)16-11(2)12-6-8-13(16)9-7-12/h10-13H,6-9H2,1-5H3. The zero-order chi connectivity index (χ0) is 12.8. The average molecular weight is 237 g/mol. The van der Waals surface area contributed by atoms with E-state index in [1.54, 1.807) is 0 Å². The van der Waals surface area contributed by atoms with Crippen molar-refractivity contribution in [2.75, 3.05) is 0 Å². The first kappa shape index (κ1) is 12.9. The van der Waals surface area contributed by atoms with Crippen LogP contribution in [0, 0.1) is 17.3 Å². The molecule has 3 aliphatic rings. The lowest BCUT2D eigenvalue weighted by Gasteiger charge is -2.52. The summed E-state index contributed by atoms with van der Waals surface area (Å²) in [5, 5.41) is 0. The topological polar surface area (TPSA) is 20.3 Å². The first-order chi connectivity index (χ1) is 7.82. The van der Waals surface area contributed by atoms with Gasteiger partial charge in [0.2, 0.25) is 5.91 Å². The number of carbonyl (C=O) groups excluding carboxylic acids is 1. The molecule has 1 aliphatic carbocycles. The minimum absolute atomic E-state index is 0.0769. The van der Waals surface area contributed by atoms with E-state index in [4.69, 9.17) is 0 Å². The summed E-state index contributed by atoms with van der Waals surface area (Å²) in [4.78, 5) is 14.9. The number of piperidine rings is 2. The van der Waals surface area contributed by atoms with Gasteiger partial charge in [-0.3, -0.25) is 4.79 Å². The smallest absolute Gasteiger partial charge is 0.226 e. The third kappa shape index (κ3) is 2.23. The van der Waals surface area contributed by atoms with Crippen molar-refractivity contribution < 1.29 is 4.79 Å². The van der Waals surface area contributed by atoms with E-state index in [-0.39, 0.29) is 11.3 Å². The molecule has 17 heavy (non-hydrogen) atoms. The van der Waals surface area contributed by atoms with Gasteiger partial charge in [-0.05, 0) is 43.9 Å². The fourth-order valence-electron chi connectivity index (χ4n) is 3.40. The summed E-state index contributed by atoms with van der Waals surface area (Å²) < 4.78 is 0. The van der Waals surface area contributed by atoms with E-state index in [0.29, 0.717) is 18.0 Å². The second-order valence-electron chi connectivity index (χ2n) is 7.14. The maximum Gasteiger partial charge on any atom is 0.226 e. The molecule has 2 saturated heterocycles. The Balaban J connectivity index is 2.14. The predicted octanol–water partition coefficient (Wildman–Crippen LogP) is 3.46. The average Bonchev–Trinajstić information content (AvgIpc) is 2.27. The lowest BCUT2D eigenvalue weighted by molar-refractivity contribution is -0.151. The van der Waals surface area contributed by atoms with E-state index in [9.17, 15) is 4.79 Å². The second-order valence-corrected chi connectivity index (χ2v) is 7.14. The molecule has 0 aromatic carbocycles. The van der Waals surface area contributed by atoms with Crippen LogP contribution < -0.4 is 0 Å². The van der Waals surface area contributed by atoms with Crippen LogP contribution in [0.2, 0.25) is 0 Å². The van der Waals surface area contributed by atoms with Crippen LogP contribution in [-0.4, -0.2) is 22.9 Å². The Morgan fingerprint density at radius 3 is 2.12 bits per heavy atom. The molecule has 2 nitrogen and oxygen atoms in total. The SMILES string of the molecule is CC1C2CCC(CC2)N1C(=O)C(C)C(C)(C)C. The summed E-state index contributed by atoms with van der Waals surface area (Å²) >= 11 is 0. The van der Waals surface area contributed by atoms with Crippen LogP contribution in [0.25, 0.3) is 0 Å². The maximum atomic E-state index is 12.7. The molecule has 2 unspecified atom stereocenters. The molecule has 2 heterocycles. The van der Waals surface area contributed by atoms with Crippen molar-refractivity contribution in [3.05, 3.63) is 0 Å². The minimum atomic E-state index is 0.0769. The molecule has 3 fully saturated rings. The molecule has 2 bridgehead atoms. The van der Waals surface area contributed by atoms with E-state index in [2.05, 4.69) is 39.5 Å². The van der Waals surface area contributed by atoms with E-state index < -0.39 is 0 Å². The van der Waals surface area contributed by atoms with Crippen LogP contribution in [-0.2, 0) is 4.79 Å².